The molecule has 0 aromatic heterocycles. The minimum absolute atomic E-state index is 0.140. The second-order valence-electron chi connectivity index (χ2n) is 4.61. The van der Waals surface area contributed by atoms with Gasteiger partial charge >= 0.3 is 12.1 Å². The molecule has 132 valence electrons. The highest BCUT2D eigenvalue weighted by atomic mass is 79.9. The van der Waals surface area contributed by atoms with Gasteiger partial charge in [0.15, 0.2) is 0 Å². The van der Waals surface area contributed by atoms with Gasteiger partial charge in [-0.25, -0.2) is 4.79 Å². The van der Waals surface area contributed by atoms with E-state index in [1.807, 2.05) is 5.32 Å². The van der Waals surface area contributed by atoms with E-state index < -0.39 is 30.6 Å². The van der Waals surface area contributed by atoms with Crippen molar-refractivity contribution < 1.29 is 29.3 Å². The van der Waals surface area contributed by atoms with Gasteiger partial charge in [-0.1, -0.05) is 15.9 Å². The van der Waals surface area contributed by atoms with Crippen LogP contribution in [0.25, 0.3) is 0 Å². The van der Waals surface area contributed by atoms with Crippen molar-refractivity contribution in [3.8, 4) is 5.75 Å². The van der Waals surface area contributed by atoms with Gasteiger partial charge in [0.25, 0.3) is 0 Å². The number of aromatic hydroxyl groups is 1. The molecule has 10 heteroatoms. The molecule has 24 heavy (non-hydrogen) atoms. The van der Waals surface area contributed by atoms with E-state index in [1.54, 1.807) is 19.1 Å². The van der Waals surface area contributed by atoms with Crippen LogP contribution in [0.2, 0.25) is 0 Å². The van der Waals surface area contributed by atoms with Crippen LogP contribution in [0, 0.1) is 0 Å². The molecule has 1 aromatic carbocycles. The highest BCUT2D eigenvalue weighted by Gasteiger charge is 2.23. The molecule has 0 radical (unpaired) electrons. The second-order valence-corrected chi connectivity index (χ2v) is 6.38. The third-order valence-electron chi connectivity index (χ3n) is 2.84. The molecule has 0 spiro atoms. The van der Waals surface area contributed by atoms with E-state index in [2.05, 4.69) is 37.2 Å². The normalized spacial score (nSPS) is 11.5. The van der Waals surface area contributed by atoms with Crippen LogP contribution in [0.3, 0.4) is 0 Å². The largest absolute Gasteiger partial charge is 0.506 e. The lowest BCUT2D eigenvalue weighted by Crippen LogP contribution is -2.39. The minimum atomic E-state index is -1.35. The third kappa shape index (κ3) is 6.36. The fraction of sp³-hybridized carbons (Fsp3) is 0.357. The number of rotatable bonds is 7. The summed E-state index contributed by atoms with van der Waals surface area (Å²) in [4.78, 5) is 34.1. The molecule has 0 fully saturated rings. The van der Waals surface area contributed by atoms with Crippen molar-refractivity contribution in [3.63, 3.8) is 0 Å². The number of ether oxygens (including phenoxy) is 1. The number of amides is 2. The topological polar surface area (TPSA) is 125 Å². The molecule has 1 aromatic rings. The van der Waals surface area contributed by atoms with Crippen LogP contribution < -0.4 is 10.6 Å². The number of esters is 1. The van der Waals surface area contributed by atoms with Gasteiger partial charge in [0.2, 0.25) is 5.91 Å². The first kappa shape index (κ1) is 20.2. The Balaban J connectivity index is 3.03. The standard InChI is InChI=1S/C14H16Br2N2O6/c1-2-24-12(20)5-10(18-11(19)6-17-14(22)23)8-3-7(15)4-9(16)13(8)21/h3-4,10,17,21H,2,5-6H2,1H3,(H,18,19)(H,22,23). The Bertz CT molecular complexity index is 638. The first-order valence-electron chi connectivity index (χ1n) is 6.84. The number of nitrogens with one attached hydrogen (secondary N) is 2. The van der Waals surface area contributed by atoms with Crippen LogP contribution in [0.15, 0.2) is 21.1 Å². The smallest absolute Gasteiger partial charge is 0.405 e. The van der Waals surface area contributed by atoms with E-state index in [1.165, 1.54) is 0 Å². The van der Waals surface area contributed by atoms with Crippen molar-refractivity contribution in [2.45, 2.75) is 19.4 Å². The molecular weight excluding hydrogens is 452 g/mol. The maximum atomic E-state index is 11.9. The highest BCUT2D eigenvalue weighted by molar-refractivity contribution is 9.11. The van der Waals surface area contributed by atoms with Crippen molar-refractivity contribution in [2.24, 2.45) is 0 Å². The Morgan fingerprint density at radius 3 is 2.54 bits per heavy atom. The molecule has 0 saturated heterocycles. The fourth-order valence-corrected chi connectivity index (χ4v) is 3.14. The van der Waals surface area contributed by atoms with Gasteiger partial charge in [0.1, 0.15) is 12.3 Å². The van der Waals surface area contributed by atoms with Gasteiger partial charge in [-0.15, -0.1) is 0 Å². The first-order chi connectivity index (χ1) is 11.2. The number of carboxylic acid groups (broad SMARTS) is 1. The molecule has 0 aliphatic rings. The molecule has 0 bridgehead atoms. The van der Waals surface area contributed by atoms with Gasteiger partial charge in [0, 0.05) is 10.0 Å². The molecule has 4 N–H and O–H groups in total. The van der Waals surface area contributed by atoms with Crippen LogP contribution in [0.5, 0.6) is 5.75 Å². The Morgan fingerprint density at radius 2 is 1.96 bits per heavy atom. The van der Waals surface area contributed by atoms with Gasteiger partial charge < -0.3 is 25.6 Å². The van der Waals surface area contributed by atoms with Crippen molar-refractivity contribution in [1.82, 2.24) is 10.6 Å². The molecule has 0 aliphatic heterocycles. The van der Waals surface area contributed by atoms with E-state index in [-0.39, 0.29) is 24.3 Å². The summed E-state index contributed by atoms with van der Waals surface area (Å²) in [6.07, 6.45) is -1.57. The zero-order valence-corrected chi connectivity index (χ0v) is 15.8. The maximum absolute atomic E-state index is 11.9. The van der Waals surface area contributed by atoms with E-state index in [4.69, 9.17) is 9.84 Å². The third-order valence-corrected chi connectivity index (χ3v) is 3.91. The van der Waals surface area contributed by atoms with Crippen LogP contribution in [0.4, 0.5) is 4.79 Å². The summed E-state index contributed by atoms with van der Waals surface area (Å²) in [6.45, 7) is 1.34. The number of phenolic OH excluding ortho intramolecular Hbond substituents is 1. The van der Waals surface area contributed by atoms with Gasteiger partial charge in [-0.2, -0.15) is 0 Å². The SMILES string of the molecule is CCOC(=O)CC(NC(=O)CNC(=O)O)c1cc(Br)cc(Br)c1O. The summed E-state index contributed by atoms with van der Waals surface area (Å²) >= 11 is 6.45. The average molecular weight is 468 g/mol. The van der Waals surface area contributed by atoms with E-state index in [0.717, 1.165) is 0 Å². The molecule has 2 amide bonds. The average Bonchev–Trinajstić information content (AvgIpc) is 2.48. The van der Waals surface area contributed by atoms with E-state index in [0.29, 0.717) is 8.95 Å². The van der Waals surface area contributed by atoms with E-state index >= 15 is 0 Å². The number of carbonyl (C=O) groups is 3. The Kier molecular flexibility index (Phi) is 7.99. The minimum Gasteiger partial charge on any atom is -0.506 e. The molecule has 1 unspecified atom stereocenters. The van der Waals surface area contributed by atoms with Crippen molar-refractivity contribution >= 4 is 49.8 Å². The summed E-state index contributed by atoms with van der Waals surface area (Å²) in [5.74, 6) is -1.36. The van der Waals surface area contributed by atoms with Crippen molar-refractivity contribution in [2.75, 3.05) is 13.2 Å². The Labute approximate surface area is 154 Å². The number of carbonyl (C=O) groups excluding carboxylic acids is 2. The van der Waals surface area contributed by atoms with E-state index in [9.17, 15) is 19.5 Å². The number of hydrogen-bond acceptors (Lipinski definition) is 5. The Hall–Kier alpha value is -1.81. The van der Waals surface area contributed by atoms with Gasteiger partial charge in [0.05, 0.1) is 23.5 Å². The van der Waals surface area contributed by atoms with Crippen molar-refractivity contribution in [1.29, 1.82) is 0 Å². The molecule has 1 atom stereocenters. The number of benzene rings is 1. The zero-order chi connectivity index (χ0) is 18.3. The van der Waals surface area contributed by atoms with Crippen LogP contribution in [-0.2, 0) is 14.3 Å². The van der Waals surface area contributed by atoms with Gasteiger partial charge in [-0.3, -0.25) is 9.59 Å². The predicted molar refractivity (Wildman–Crippen MR) is 91.7 cm³/mol. The molecule has 0 heterocycles. The van der Waals surface area contributed by atoms with Crippen molar-refractivity contribution in [3.05, 3.63) is 26.6 Å². The lowest BCUT2D eigenvalue weighted by molar-refractivity contribution is -0.143. The van der Waals surface area contributed by atoms with Crippen LogP contribution >= 0.6 is 31.9 Å². The van der Waals surface area contributed by atoms with Crippen LogP contribution in [-0.4, -0.2) is 41.3 Å². The quantitative estimate of drug-likeness (QED) is 0.456. The summed E-state index contributed by atoms with van der Waals surface area (Å²) in [5.41, 5.74) is 0.285. The monoisotopic (exact) mass is 466 g/mol. The molecule has 1 rings (SSSR count). The second kappa shape index (κ2) is 9.48. The Morgan fingerprint density at radius 1 is 1.29 bits per heavy atom. The number of phenols is 1. The molecule has 0 saturated carbocycles. The first-order valence-corrected chi connectivity index (χ1v) is 8.42. The maximum Gasteiger partial charge on any atom is 0.405 e. The summed E-state index contributed by atoms with van der Waals surface area (Å²) in [7, 11) is 0. The lowest BCUT2D eigenvalue weighted by atomic mass is 10.0. The zero-order valence-electron chi connectivity index (χ0n) is 12.6. The molecule has 0 aliphatic carbocycles. The number of halogens is 2. The fourth-order valence-electron chi connectivity index (χ4n) is 1.88. The summed E-state index contributed by atoms with van der Waals surface area (Å²) in [6, 6.07) is 2.27. The summed E-state index contributed by atoms with van der Waals surface area (Å²) < 4.78 is 5.86. The summed E-state index contributed by atoms with van der Waals surface area (Å²) in [5, 5.41) is 23.1. The lowest BCUT2D eigenvalue weighted by Gasteiger charge is -2.20. The highest BCUT2D eigenvalue weighted by Crippen LogP contribution is 2.36. The predicted octanol–water partition coefficient (Wildman–Crippen LogP) is 2.30. The van der Waals surface area contributed by atoms with Gasteiger partial charge in [-0.05, 0) is 35.0 Å². The van der Waals surface area contributed by atoms with Crippen LogP contribution in [0.1, 0.15) is 24.9 Å². The number of hydrogen-bond donors (Lipinski definition) is 4. The molecule has 8 nitrogen and oxygen atoms in total. The molecular formula is C14H16Br2N2O6.